The largest absolute Gasteiger partial charge is 0.456 e. The van der Waals surface area contributed by atoms with Crippen LogP contribution in [0.3, 0.4) is 0 Å². The molecular formula is C49H33NO2. The Balaban J connectivity index is 1.13. The van der Waals surface area contributed by atoms with Crippen molar-refractivity contribution in [2.75, 3.05) is 4.90 Å². The van der Waals surface area contributed by atoms with Crippen molar-refractivity contribution in [2.45, 2.75) is 19.3 Å². The van der Waals surface area contributed by atoms with Crippen molar-refractivity contribution < 1.29 is 8.83 Å². The van der Waals surface area contributed by atoms with Crippen LogP contribution in [0.25, 0.3) is 76.9 Å². The van der Waals surface area contributed by atoms with E-state index in [0.29, 0.717) is 0 Å². The van der Waals surface area contributed by atoms with Gasteiger partial charge in [-0.2, -0.15) is 0 Å². The summed E-state index contributed by atoms with van der Waals surface area (Å²) in [7, 11) is 0. The molecule has 0 aliphatic heterocycles. The molecule has 52 heavy (non-hydrogen) atoms. The minimum atomic E-state index is -0.128. The monoisotopic (exact) mass is 667 g/mol. The molecule has 246 valence electrons. The Morgan fingerprint density at radius 2 is 1.10 bits per heavy atom. The number of hydrogen-bond acceptors (Lipinski definition) is 3. The topological polar surface area (TPSA) is 29.5 Å². The number of para-hydroxylation sites is 2. The van der Waals surface area contributed by atoms with Crippen LogP contribution in [0.4, 0.5) is 17.1 Å². The van der Waals surface area contributed by atoms with Crippen LogP contribution in [0, 0.1) is 0 Å². The lowest BCUT2D eigenvalue weighted by atomic mass is 9.82. The summed E-state index contributed by atoms with van der Waals surface area (Å²) >= 11 is 0. The summed E-state index contributed by atoms with van der Waals surface area (Å²) in [4.78, 5) is 2.40. The zero-order valence-corrected chi connectivity index (χ0v) is 28.9. The quantitative estimate of drug-likeness (QED) is 0.187. The zero-order chi connectivity index (χ0) is 34.6. The van der Waals surface area contributed by atoms with E-state index in [4.69, 9.17) is 8.83 Å². The second kappa shape index (κ2) is 10.7. The lowest BCUT2D eigenvalue weighted by Crippen LogP contribution is -2.16. The van der Waals surface area contributed by atoms with Gasteiger partial charge in [0.15, 0.2) is 5.58 Å². The molecule has 3 nitrogen and oxygen atoms in total. The molecule has 1 aliphatic carbocycles. The summed E-state index contributed by atoms with van der Waals surface area (Å²) in [5.74, 6) is 0. The van der Waals surface area contributed by atoms with Gasteiger partial charge < -0.3 is 13.7 Å². The maximum atomic E-state index is 6.96. The van der Waals surface area contributed by atoms with Crippen molar-refractivity contribution in [3.05, 3.63) is 175 Å². The molecule has 0 atom stereocenters. The van der Waals surface area contributed by atoms with E-state index < -0.39 is 0 Å². The summed E-state index contributed by atoms with van der Waals surface area (Å²) in [5.41, 5.74) is 14.1. The summed E-state index contributed by atoms with van der Waals surface area (Å²) in [6.45, 7) is 4.68. The van der Waals surface area contributed by atoms with E-state index in [1.165, 1.54) is 27.6 Å². The first-order chi connectivity index (χ1) is 25.5. The van der Waals surface area contributed by atoms with E-state index in [0.717, 1.165) is 77.5 Å². The number of benzene rings is 8. The molecular weight excluding hydrogens is 635 g/mol. The second-order valence-corrected chi connectivity index (χ2v) is 14.5. The van der Waals surface area contributed by atoms with Gasteiger partial charge in [-0.25, -0.2) is 0 Å². The summed E-state index contributed by atoms with van der Waals surface area (Å²) < 4.78 is 13.2. The third-order valence-corrected chi connectivity index (χ3v) is 11.3. The molecule has 2 aromatic heterocycles. The van der Waals surface area contributed by atoms with Gasteiger partial charge in [0.2, 0.25) is 0 Å². The van der Waals surface area contributed by atoms with Crippen LogP contribution in [-0.4, -0.2) is 0 Å². The van der Waals surface area contributed by atoms with Gasteiger partial charge in [-0.1, -0.05) is 129 Å². The fraction of sp³-hybridized carbons (Fsp3) is 0.0612. The number of nitrogens with zero attached hydrogens (tertiary/aromatic N) is 1. The lowest BCUT2D eigenvalue weighted by molar-refractivity contribution is 0.660. The van der Waals surface area contributed by atoms with Gasteiger partial charge in [0.25, 0.3) is 0 Å². The normalized spacial score (nSPS) is 13.3. The molecule has 0 amide bonds. The van der Waals surface area contributed by atoms with Crippen LogP contribution in [0.1, 0.15) is 25.0 Å². The Kier molecular flexibility index (Phi) is 6.01. The van der Waals surface area contributed by atoms with Crippen LogP contribution < -0.4 is 4.90 Å². The smallest absolute Gasteiger partial charge is 0.159 e. The molecule has 0 fully saturated rings. The Hall–Kier alpha value is -6.58. The van der Waals surface area contributed by atoms with Crippen molar-refractivity contribution in [3.63, 3.8) is 0 Å². The van der Waals surface area contributed by atoms with Crippen molar-refractivity contribution in [3.8, 4) is 22.3 Å². The summed E-state index contributed by atoms with van der Waals surface area (Å²) in [6.07, 6.45) is 0. The van der Waals surface area contributed by atoms with Crippen molar-refractivity contribution in [1.82, 2.24) is 0 Å². The van der Waals surface area contributed by atoms with Crippen LogP contribution in [0.2, 0.25) is 0 Å². The molecule has 0 spiro atoms. The minimum absolute atomic E-state index is 0.128. The molecule has 0 saturated carbocycles. The molecule has 10 aromatic rings. The summed E-state index contributed by atoms with van der Waals surface area (Å²) in [5, 5.41) is 6.79. The lowest BCUT2D eigenvalue weighted by Gasteiger charge is -2.29. The third-order valence-electron chi connectivity index (χ3n) is 11.3. The van der Waals surface area contributed by atoms with Crippen LogP contribution in [-0.2, 0) is 5.41 Å². The molecule has 0 N–H and O–H groups in total. The Labute approximate surface area is 301 Å². The molecule has 0 saturated heterocycles. The van der Waals surface area contributed by atoms with Crippen LogP contribution in [0.15, 0.2) is 173 Å². The maximum absolute atomic E-state index is 6.96. The van der Waals surface area contributed by atoms with E-state index in [1.807, 2.05) is 12.1 Å². The number of anilines is 3. The molecule has 2 heterocycles. The maximum Gasteiger partial charge on any atom is 0.159 e. The number of furan rings is 2. The molecule has 1 aliphatic rings. The van der Waals surface area contributed by atoms with E-state index in [2.05, 4.69) is 170 Å². The van der Waals surface area contributed by atoms with E-state index in [-0.39, 0.29) is 5.41 Å². The number of fused-ring (bicyclic) bond motifs is 11. The van der Waals surface area contributed by atoms with E-state index in [9.17, 15) is 0 Å². The average molecular weight is 668 g/mol. The van der Waals surface area contributed by atoms with Crippen molar-refractivity contribution >= 4 is 71.7 Å². The molecule has 3 heteroatoms. The first-order valence-corrected chi connectivity index (χ1v) is 17.9. The predicted octanol–water partition coefficient (Wildman–Crippen LogP) is 14.1. The fourth-order valence-corrected chi connectivity index (χ4v) is 8.73. The van der Waals surface area contributed by atoms with Crippen molar-refractivity contribution in [2.24, 2.45) is 0 Å². The SMILES string of the molecule is CC1(C)c2ccccc2-c2c(N(c3ccc(-c4ccc5c(c4)oc4ccccc45)cc3)c3cccc4c3oc3c5ccccc5ccc43)cccc21. The molecule has 0 bridgehead atoms. The van der Waals surface area contributed by atoms with Crippen LogP contribution >= 0.6 is 0 Å². The average Bonchev–Trinajstić information content (AvgIpc) is 3.84. The van der Waals surface area contributed by atoms with E-state index in [1.54, 1.807) is 0 Å². The third kappa shape index (κ3) is 4.08. The number of rotatable bonds is 4. The molecule has 0 radical (unpaired) electrons. The first kappa shape index (κ1) is 29.2. The van der Waals surface area contributed by atoms with Gasteiger partial charge >= 0.3 is 0 Å². The second-order valence-electron chi connectivity index (χ2n) is 14.5. The Morgan fingerprint density at radius 1 is 0.442 bits per heavy atom. The highest BCUT2D eigenvalue weighted by Crippen LogP contribution is 2.55. The molecule has 0 unspecified atom stereocenters. The highest BCUT2D eigenvalue weighted by atomic mass is 16.3. The van der Waals surface area contributed by atoms with Crippen molar-refractivity contribution in [1.29, 1.82) is 0 Å². The van der Waals surface area contributed by atoms with Crippen LogP contribution in [0.5, 0.6) is 0 Å². The van der Waals surface area contributed by atoms with Gasteiger partial charge in [0.05, 0.1) is 11.4 Å². The Morgan fingerprint density at radius 3 is 2.00 bits per heavy atom. The van der Waals surface area contributed by atoms with Gasteiger partial charge in [0.1, 0.15) is 16.7 Å². The fourth-order valence-electron chi connectivity index (χ4n) is 8.73. The summed E-state index contributed by atoms with van der Waals surface area (Å²) in [6, 6.07) is 58.7. The van der Waals surface area contributed by atoms with Gasteiger partial charge in [-0.15, -0.1) is 0 Å². The van der Waals surface area contributed by atoms with Gasteiger partial charge in [-0.3, -0.25) is 0 Å². The molecule has 8 aromatic carbocycles. The highest BCUT2D eigenvalue weighted by molar-refractivity contribution is 6.18. The van der Waals surface area contributed by atoms with Gasteiger partial charge in [-0.05, 0) is 81.7 Å². The first-order valence-electron chi connectivity index (χ1n) is 17.9. The number of hydrogen-bond donors (Lipinski definition) is 0. The van der Waals surface area contributed by atoms with Gasteiger partial charge in [0, 0.05) is 43.6 Å². The Bertz CT molecular complexity index is 3050. The minimum Gasteiger partial charge on any atom is -0.456 e. The molecule has 11 rings (SSSR count). The van der Waals surface area contributed by atoms with E-state index >= 15 is 0 Å². The zero-order valence-electron chi connectivity index (χ0n) is 28.9. The standard InChI is InChI=1S/C49H33NO2/c1-49(2)40-16-7-5-14-39(40)46-41(49)17-10-18-42(46)50(43-19-9-15-37-38-28-23-31-11-3-4-12-34(31)47(38)52-48(37)43)33-25-21-30(22-26-33)32-24-27-36-35-13-6-8-20-44(35)51-45(36)29-32/h3-29H,1-2H3. The highest BCUT2D eigenvalue weighted by Gasteiger charge is 2.38. The predicted molar refractivity (Wildman–Crippen MR) is 216 cm³/mol.